The molecule has 0 saturated heterocycles. The summed E-state index contributed by atoms with van der Waals surface area (Å²) in [6.07, 6.45) is 4.00. The van der Waals surface area contributed by atoms with Crippen molar-refractivity contribution in [1.82, 2.24) is 0 Å². The van der Waals surface area contributed by atoms with Crippen LogP contribution in [0.2, 0.25) is 0 Å². The minimum atomic E-state index is -0.935. The summed E-state index contributed by atoms with van der Waals surface area (Å²) in [6.45, 7) is 12.2. The summed E-state index contributed by atoms with van der Waals surface area (Å²) in [5.41, 5.74) is 1.36. The van der Waals surface area contributed by atoms with Gasteiger partial charge in [0.25, 0.3) is 0 Å². The molecule has 22 heavy (non-hydrogen) atoms. The highest BCUT2D eigenvalue weighted by Crippen LogP contribution is 2.12. The predicted octanol–water partition coefficient (Wildman–Crippen LogP) is 4.10. The van der Waals surface area contributed by atoms with Crippen LogP contribution in [-0.4, -0.2) is 24.2 Å². The van der Waals surface area contributed by atoms with Crippen molar-refractivity contribution in [1.29, 1.82) is 0 Å². The van der Waals surface area contributed by atoms with Crippen LogP contribution in [-0.2, 0) is 14.3 Å². The van der Waals surface area contributed by atoms with Crippen LogP contribution < -0.4 is 0 Å². The van der Waals surface area contributed by atoms with Crippen LogP contribution >= 0.6 is 0 Å². The van der Waals surface area contributed by atoms with Gasteiger partial charge in [-0.1, -0.05) is 55.6 Å². The van der Waals surface area contributed by atoms with Crippen molar-refractivity contribution in [3.8, 4) is 0 Å². The van der Waals surface area contributed by atoms with Gasteiger partial charge in [0.1, 0.15) is 0 Å². The van der Waals surface area contributed by atoms with E-state index in [1.54, 1.807) is 0 Å². The SMILES string of the molecule is C=C(C(=O)OC)c1ccccc1.C=C(C)C(=O)O.CC=CC. The fourth-order valence-electron chi connectivity index (χ4n) is 0.880. The van der Waals surface area contributed by atoms with Gasteiger partial charge in [0.15, 0.2) is 0 Å². The quantitative estimate of drug-likeness (QED) is 0.518. The standard InChI is InChI=1S/C10H10O2.C4H6O2.C4H8/c1-8(10(11)12-2)9-6-4-3-5-7-9;1-3(2)4(5)6;1-3-4-2/h3-7H,1H2,2H3;1H2,2H3,(H,5,6);3-4H,1-2H3. The molecule has 0 amide bonds. The Morgan fingerprint density at radius 3 is 1.77 bits per heavy atom. The Kier molecular flexibility index (Phi) is 13.2. The molecule has 0 aliphatic rings. The Labute approximate surface area is 132 Å². The molecule has 0 heterocycles. The number of benzene rings is 1. The van der Waals surface area contributed by atoms with Gasteiger partial charge in [0.2, 0.25) is 0 Å². The molecule has 0 bridgehead atoms. The van der Waals surface area contributed by atoms with E-state index in [-0.39, 0.29) is 11.5 Å². The smallest absolute Gasteiger partial charge is 0.337 e. The number of carbonyl (C=O) groups is 2. The molecule has 1 aromatic carbocycles. The summed E-state index contributed by atoms with van der Waals surface area (Å²) >= 11 is 0. The van der Waals surface area contributed by atoms with Gasteiger partial charge in [-0.25, -0.2) is 9.59 Å². The molecule has 0 aromatic heterocycles. The molecular weight excluding hydrogens is 280 g/mol. The second-order valence-corrected chi connectivity index (χ2v) is 4.09. The summed E-state index contributed by atoms with van der Waals surface area (Å²) < 4.78 is 4.53. The first-order valence-electron chi connectivity index (χ1n) is 6.60. The Bertz CT molecular complexity index is 497. The van der Waals surface area contributed by atoms with Gasteiger partial charge in [0, 0.05) is 5.57 Å². The second kappa shape index (κ2) is 13.4. The van der Waals surface area contributed by atoms with Gasteiger partial charge in [-0.15, -0.1) is 0 Å². The fourth-order valence-corrected chi connectivity index (χ4v) is 0.880. The van der Waals surface area contributed by atoms with E-state index in [9.17, 15) is 9.59 Å². The number of ether oxygens (including phenoxy) is 1. The van der Waals surface area contributed by atoms with Crippen LogP contribution in [0.4, 0.5) is 0 Å². The maximum Gasteiger partial charge on any atom is 0.337 e. The summed E-state index contributed by atoms with van der Waals surface area (Å²) in [7, 11) is 1.34. The van der Waals surface area contributed by atoms with Crippen molar-refractivity contribution in [2.75, 3.05) is 7.11 Å². The molecule has 4 nitrogen and oxygen atoms in total. The van der Waals surface area contributed by atoms with E-state index in [0.29, 0.717) is 5.57 Å². The van der Waals surface area contributed by atoms with Crippen LogP contribution in [0, 0.1) is 0 Å². The third kappa shape index (κ3) is 11.2. The molecule has 0 unspecified atom stereocenters. The number of methoxy groups -OCH3 is 1. The third-order valence-electron chi connectivity index (χ3n) is 2.25. The van der Waals surface area contributed by atoms with E-state index in [0.717, 1.165) is 5.56 Å². The number of hydrogen-bond acceptors (Lipinski definition) is 3. The summed E-state index contributed by atoms with van der Waals surface area (Å²) in [5.74, 6) is -1.32. The monoisotopic (exact) mass is 304 g/mol. The van der Waals surface area contributed by atoms with Crippen molar-refractivity contribution >= 4 is 17.5 Å². The van der Waals surface area contributed by atoms with Crippen molar-refractivity contribution in [3.05, 3.63) is 66.8 Å². The average molecular weight is 304 g/mol. The molecule has 0 fully saturated rings. The molecule has 0 spiro atoms. The largest absolute Gasteiger partial charge is 0.478 e. The van der Waals surface area contributed by atoms with E-state index < -0.39 is 5.97 Å². The first kappa shape index (κ1) is 21.7. The topological polar surface area (TPSA) is 63.6 Å². The highest BCUT2D eigenvalue weighted by Gasteiger charge is 2.07. The molecule has 1 rings (SSSR count). The van der Waals surface area contributed by atoms with E-state index in [4.69, 9.17) is 5.11 Å². The number of carbonyl (C=O) groups excluding carboxylic acids is 1. The zero-order chi connectivity index (χ0) is 17.5. The van der Waals surface area contributed by atoms with Crippen molar-refractivity contribution in [3.63, 3.8) is 0 Å². The number of allylic oxidation sites excluding steroid dienone is 2. The highest BCUT2D eigenvalue weighted by molar-refractivity contribution is 6.15. The number of rotatable bonds is 3. The lowest BCUT2D eigenvalue weighted by atomic mass is 10.1. The summed E-state index contributed by atoms with van der Waals surface area (Å²) in [4.78, 5) is 20.6. The Morgan fingerprint density at radius 2 is 1.50 bits per heavy atom. The number of esters is 1. The van der Waals surface area contributed by atoms with Gasteiger partial charge in [-0.05, 0) is 26.3 Å². The minimum Gasteiger partial charge on any atom is -0.478 e. The molecule has 120 valence electrons. The molecule has 0 saturated carbocycles. The van der Waals surface area contributed by atoms with Crippen LogP contribution in [0.1, 0.15) is 26.3 Å². The van der Waals surface area contributed by atoms with E-state index in [1.165, 1.54) is 14.0 Å². The lowest BCUT2D eigenvalue weighted by Crippen LogP contribution is -2.01. The Balaban J connectivity index is 0. The maximum atomic E-state index is 11.0. The van der Waals surface area contributed by atoms with Crippen LogP contribution in [0.5, 0.6) is 0 Å². The lowest BCUT2D eigenvalue weighted by molar-refractivity contribution is -0.134. The predicted molar refractivity (Wildman–Crippen MR) is 90.4 cm³/mol. The molecule has 0 aliphatic carbocycles. The molecule has 0 atom stereocenters. The number of carboxylic acids is 1. The van der Waals surface area contributed by atoms with Gasteiger partial charge in [0.05, 0.1) is 12.7 Å². The lowest BCUT2D eigenvalue weighted by Gasteiger charge is -2.01. The molecule has 1 aromatic rings. The fraction of sp³-hybridized carbons (Fsp3) is 0.222. The van der Waals surface area contributed by atoms with Gasteiger partial charge in [-0.2, -0.15) is 0 Å². The number of carboxylic acid groups (broad SMARTS) is 1. The summed E-state index contributed by atoms with van der Waals surface area (Å²) in [6, 6.07) is 9.22. The molecule has 0 aliphatic heterocycles. The highest BCUT2D eigenvalue weighted by atomic mass is 16.5. The van der Waals surface area contributed by atoms with Crippen LogP contribution in [0.25, 0.3) is 5.57 Å². The van der Waals surface area contributed by atoms with Crippen molar-refractivity contribution < 1.29 is 19.4 Å². The zero-order valence-electron chi connectivity index (χ0n) is 13.6. The zero-order valence-corrected chi connectivity index (χ0v) is 13.6. The van der Waals surface area contributed by atoms with E-state index >= 15 is 0 Å². The molecular formula is C18H24O4. The normalized spacial score (nSPS) is 8.73. The summed E-state index contributed by atoms with van der Waals surface area (Å²) in [5, 5.41) is 7.89. The first-order valence-corrected chi connectivity index (χ1v) is 6.60. The van der Waals surface area contributed by atoms with Gasteiger partial charge < -0.3 is 9.84 Å². The molecule has 1 N–H and O–H groups in total. The van der Waals surface area contributed by atoms with Crippen molar-refractivity contribution in [2.24, 2.45) is 0 Å². The number of aliphatic carboxylic acids is 1. The van der Waals surface area contributed by atoms with Crippen molar-refractivity contribution in [2.45, 2.75) is 20.8 Å². The van der Waals surface area contributed by atoms with E-state index in [1.807, 2.05) is 56.3 Å². The Morgan fingerprint density at radius 1 is 1.09 bits per heavy atom. The van der Waals surface area contributed by atoms with E-state index in [2.05, 4.69) is 17.9 Å². The average Bonchev–Trinajstić information content (AvgIpc) is 2.54. The van der Waals surface area contributed by atoms with Crippen LogP contribution in [0.15, 0.2) is 61.2 Å². The second-order valence-electron chi connectivity index (χ2n) is 4.09. The van der Waals surface area contributed by atoms with Gasteiger partial charge in [-0.3, -0.25) is 0 Å². The third-order valence-corrected chi connectivity index (χ3v) is 2.25. The first-order chi connectivity index (χ1) is 10.3. The minimum absolute atomic E-state index is 0.176. The maximum absolute atomic E-state index is 11.0. The van der Waals surface area contributed by atoms with Gasteiger partial charge >= 0.3 is 11.9 Å². The molecule has 4 heteroatoms. The van der Waals surface area contributed by atoms with Crippen LogP contribution in [0.3, 0.4) is 0 Å². The Hall–Kier alpha value is -2.62. The molecule has 0 radical (unpaired) electrons. The number of hydrogen-bond donors (Lipinski definition) is 1.